The monoisotopic (exact) mass is 550 g/mol. The second-order valence-electron chi connectivity index (χ2n) is 13.1. The van der Waals surface area contributed by atoms with Gasteiger partial charge < -0.3 is 5.11 Å². The van der Waals surface area contributed by atoms with Crippen LogP contribution in [0.1, 0.15) is 88.5 Å². The van der Waals surface area contributed by atoms with E-state index in [1.54, 1.807) is 0 Å². The first kappa shape index (κ1) is 34.0. The van der Waals surface area contributed by atoms with E-state index in [9.17, 15) is 5.11 Å². The summed E-state index contributed by atoms with van der Waals surface area (Å²) in [6.45, 7) is 21.9. The van der Waals surface area contributed by atoms with Crippen molar-refractivity contribution >= 4 is 0 Å². The quantitative estimate of drug-likeness (QED) is 0.268. The highest BCUT2D eigenvalue weighted by atomic mass is 16.3. The van der Waals surface area contributed by atoms with Crippen LogP contribution in [-0.4, -0.2) is 11.2 Å². The molecule has 2 rings (SSSR count). The fourth-order valence-electron chi connectivity index (χ4n) is 5.57. The van der Waals surface area contributed by atoms with Gasteiger partial charge in [-0.25, -0.2) is 0 Å². The average Bonchev–Trinajstić information content (AvgIpc) is 2.84. The first-order valence-electron chi connectivity index (χ1n) is 15.1. The van der Waals surface area contributed by atoms with Crippen LogP contribution in [0, 0.1) is 10.8 Å². The van der Waals surface area contributed by atoms with E-state index in [0.29, 0.717) is 0 Å². The van der Waals surface area contributed by atoms with Crippen LogP contribution in [0.2, 0.25) is 0 Å². The summed E-state index contributed by atoms with van der Waals surface area (Å²) in [5, 5.41) is 10.1. The molecule has 2 aliphatic carbocycles. The van der Waals surface area contributed by atoms with Gasteiger partial charge in [0.25, 0.3) is 0 Å². The molecule has 1 heteroatoms. The van der Waals surface area contributed by atoms with E-state index in [1.165, 1.54) is 44.6 Å². The first-order valence-corrected chi connectivity index (χ1v) is 15.1. The maximum Gasteiger partial charge on any atom is 0.0585 e. The van der Waals surface area contributed by atoms with Crippen molar-refractivity contribution < 1.29 is 5.11 Å². The average molecular weight is 551 g/mol. The second kappa shape index (κ2) is 15.7. The Morgan fingerprint density at radius 3 is 1.63 bits per heavy atom. The molecule has 0 spiro atoms. The molecule has 0 aromatic rings. The molecule has 0 aliphatic heterocycles. The zero-order valence-electron chi connectivity index (χ0n) is 27.4. The summed E-state index contributed by atoms with van der Waals surface area (Å²) in [6, 6.07) is 0. The van der Waals surface area contributed by atoms with Crippen molar-refractivity contribution in [2.45, 2.75) is 94.6 Å². The van der Waals surface area contributed by atoms with Gasteiger partial charge in [-0.3, -0.25) is 0 Å². The van der Waals surface area contributed by atoms with E-state index in [-0.39, 0.29) is 16.9 Å². The Labute approximate surface area is 251 Å². The molecule has 0 heterocycles. The molecule has 41 heavy (non-hydrogen) atoms. The van der Waals surface area contributed by atoms with Gasteiger partial charge >= 0.3 is 0 Å². The van der Waals surface area contributed by atoms with E-state index < -0.39 is 0 Å². The molecule has 2 aliphatic rings. The normalized spacial score (nSPS) is 23.1. The molecule has 1 unspecified atom stereocenters. The topological polar surface area (TPSA) is 20.2 Å². The third-order valence-corrected chi connectivity index (χ3v) is 7.92. The molecule has 0 radical (unpaired) electrons. The van der Waals surface area contributed by atoms with Crippen LogP contribution >= 0.6 is 0 Å². The van der Waals surface area contributed by atoms with Crippen molar-refractivity contribution in [1.29, 1.82) is 0 Å². The van der Waals surface area contributed by atoms with Crippen LogP contribution in [0.4, 0.5) is 0 Å². The smallest absolute Gasteiger partial charge is 0.0585 e. The zero-order valence-corrected chi connectivity index (χ0v) is 27.4. The molecular weight excluding hydrogens is 496 g/mol. The molecule has 0 fully saturated rings. The second-order valence-corrected chi connectivity index (χ2v) is 13.1. The highest BCUT2D eigenvalue weighted by Crippen LogP contribution is 2.41. The molecule has 0 amide bonds. The van der Waals surface area contributed by atoms with Gasteiger partial charge in [-0.15, -0.1) is 0 Å². The maximum atomic E-state index is 10.1. The van der Waals surface area contributed by atoms with Gasteiger partial charge in [-0.2, -0.15) is 0 Å². The van der Waals surface area contributed by atoms with Crippen LogP contribution in [0.25, 0.3) is 0 Å². The van der Waals surface area contributed by atoms with E-state index in [2.05, 4.69) is 166 Å². The predicted octanol–water partition coefficient (Wildman–Crippen LogP) is 11.4. The van der Waals surface area contributed by atoms with E-state index in [0.717, 1.165) is 19.3 Å². The number of aliphatic hydroxyl groups excluding tert-OH is 1. The Bertz CT molecular complexity index is 1300. The fraction of sp³-hybridized carbons (Fsp3) is 0.400. The van der Waals surface area contributed by atoms with E-state index in [4.69, 9.17) is 0 Å². The largest absolute Gasteiger partial charge is 0.393 e. The first-order chi connectivity index (χ1) is 19.2. The molecule has 220 valence electrons. The van der Waals surface area contributed by atoms with Gasteiger partial charge in [0.1, 0.15) is 0 Å². The summed E-state index contributed by atoms with van der Waals surface area (Å²) < 4.78 is 0. The Hall–Kier alpha value is -3.16. The van der Waals surface area contributed by atoms with Crippen molar-refractivity contribution in [1.82, 2.24) is 0 Å². The van der Waals surface area contributed by atoms with Gasteiger partial charge in [0.15, 0.2) is 0 Å². The number of rotatable bonds is 10. The van der Waals surface area contributed by atoms with Crippen molar-refractivity contribution in [3.63, 3.8) is 0 Å². The van der Waals surface area contributed by atoms with Crippen molar-refractivity contribution in [3.05, 3.63) is 142 Å². The fourth-order valence-corrected chi connectivity index (χ4v) is 5.57. The summed E-state index contributed by atoms with van der Waals surface area (Å²) in [7, 11) is 0. The lowest BCUT2D eigenvalue weighted by Gasteiger charge is -2.35. The number of hydrogen-bond donors (Lipinski definition) is 1. The lowest BCUT2D eigenvalue weighted by atomic mass is 9.71. The third kappa shape index (κ3) is 11.7. The summed E-state index contributed by atoms with van der Waals surface area (Å²) in [4.78, 5) is 0. The van der Waals surface area contributed by atoms with Gasteiger partial charge in [0.2, 0.25) is 0 Å². The molecule has 1 N–H and O–H groups in total. The minimum absolute atomic E-state index is 0.0110. The molecule has 1 nitrogen and oxygen atoms in total. The van der Waals surface area contributed by atoms with Crippen LogP contribution in [0.3, 0.4) is 0 Å². The molecule has 0 aromatic heterocycles. The van der Waals surface area contributed by atoms with Crippen molar-refractivity contribution in [2.24, 2.45) is 10.8 Å². The zero-order chi connectivity index (χ0) is 30.6. The summed E-state index contributed by atoms with van der Waals surface area (Å²) in [5.74, 6) is 0. The highest BCUT2D eigenvalue weighted by Gasteiger charge is 2.31. The minimum Gasteiger partial charge on any atom is -0.393 e. The van der Waals surface area contributed by atoms with Crippen LogP contribution in [0.15, 0.2) is 142 Å². The lowest BCUT2D eigenvalue weighted by Crippen LogP contribution is -2.28. The molecule has 0 saturated heterocycles. The lowest BCUT2D eigenvalue weighted by molar-refractivity contribution is 0.116. The Kier molecular flexibility index (Phi) is 13.1. The number of hydrogen-bond acceptors (Lipinski definition) is 1. The Morgan fingerprint density at radius 2 is 1.15 bits per heavy atom. The van der Waals surface area contributed by atoms with Crippen molar-refractivity contribution in [2.75, 3.05) is 0 Å². The van der Waals surface area contributed by atoms with Crippen LogP contribution in [-0.2, 0) is 0 Å². The third-order valence-electron chi connectivity index (χ3n) is 7.92. The van der Waals surface area contributed by atoms with Crippen LogP contribution in [0.5, 0.6) is 0 Å². The van der Waals surface area contributed by atoms with E-state index in [1.807, 2.05) is 0 Å². The molecular formula is C40H54O. The Balaban J connectivity index is 1.90. The van der Waals surface area contributed by atoms with Gasteiger partial charge in [0, 0.05) is 0 Å². The van der Waals surface area contributed by atoms with Gasteiger partial charge in [-0.05, 0) is 88.4 Å². The summed E-state index contributed by atoms with van der Waals surface area (Å²) >= 11 is 0. The van der Waals surface area contributed by atoms with Gasteiger partial charge in [0.05, 0.1) is 6.10 Å². The van der Waals surface area contributed by atoms with Crippen LogP contribution < -0.4 is 0 Å². The summed E-state index contributed by atoms with van der Waals surface area (Å²) in [5.41, 5.74) is 10.5. The van der Waals surface area contributed by atoms with E-state index >= 15 is 0 Å². The minimum atomic E-state index is -0.222. The highest BCUT2D eigenvalue weighted by molar-refractivity contribution is 5.42. The Morgan fingerprint density at radius 1 is 0.683 bits per heavy atom. The predicted molar refractivity (Wildman–Crippen MR) is 183 cm³/mol. The summed E-state index contributed by atoms with van der Waals surface area (Å²) in [6.07, 6.45) is 37.1. The molecule has 0 bridgehead atoms. The number of allylic oxidation sites excluding steroid dienone is 23. The molecule has 0 saturated carbocycles. The maximum absolute atomic E-state index is 10.1. The standard InChI is InChI=1S/C40H54O/c1-30(18-13-20-32(3)23-25-37-34(5)22-15-27-39(37,7)8)16-11-12-17-31(2)19-14-21-33(4)24-26-38-35(6)28-36(41)29-40(38,9)10/h11-26,36,41H,27-29H2,1-10H3/b12-11+,18-13-,19-14-,25-23+,26-24+,30-16+,31-17+,32-20-,33-21-. The molecule has 0 aromatic carbocycles. The van der Waals surface area contributed by atoms with Crippen molar-refractivity contribution in [3.8, 4) is 0 Å². The number of aliphatic hydroxyl groups is 1. The van der Waals surface area contributed by atoms with Gasteiger partial charge in [-0.1, -0.05) is 153 Å². The molecule has 1 atom stereocenters. The SMILES string of the molecule is CC1=C(/C=C/C(C)=C\C=C/C(C)=C/C=C/C=C(C)/C=C\C=C(C)/C=C/C2=C(C)CC(O)CC2(C)C)C(C)(C)CC=C1.